The van der Waals surface area contributed by atoms with E-state index in [9.17, 15) is 9.59 Å². The molecule has 4 aromatic rings. The number of likely N-dealkylation sites (N-methyl/N-ethyl adjacent to an activating group) is 1. The van der Waals surface area contributed by atoms with Crippen molar-refractivity contribution < 1.29 is 9.53 Å². The Morgan fingerprint density at radius 2 is 1.76 bits per heavy atom. The van der Waals surface area contributed by atoms with Gasteiger partial charge in [-0.25, -0.2) is 4.98 Å². The van der Waals surface area contributed by atoms with Crippen LogP contribution in [0.25, 0.3) is 22.0 Å². The summed E-state index contributed by atoms with van der Waals surface area (Å²) in [6.45, 7) is 6.86. The first-order valence-electron chi connectivity index (χ1n) is 14.5. The third-order valence-corrected chi connectivity index (χ3v) is 8.77. The number of anilines is 1. The summed E-state index contributed by atoms with van der Waals surface area (Å²) in [5.74, 6) is 2.56. The van der Waals surface area contributed by atoms with Gasteiger partial charge in [-0.1, -0.05) is 12.1 Å². The van der Waals surface area contributed by atoms with Crippen molar-refractivity contribution in [2.24, 2.45) is 7.05 Å². The molecular weight excluding hydrogens is 516 g/mol. The molecule has 41 heavy (non-hydrogen) atoms. The molecule has 1 aromatic carbocycles. The molecule has 9 heteroatoms. The highest BCUT2D eigenvalue weighted by Gasteiger charge is 2.29. The number of amides is 1. The Morgan fingerprint density at radius 3 is 2.49 bits per heavy atom. The molecule has 0 unspecified atom stereocenters. The van der Waals surface area contributed by atoms with Crippen LogP contribution in [0.15, 0.2) is 65.8 Å². The van der Waals surface area contributed by atoms with Crippen molar-refractivity contribution in [1.29, 1.82) is 0 Å². The lowest BCUT2D eigenvalue weighted by Gasteiger charge is -2.37. The van der Waals surface area contributed by atoms with Crippen molar-refractivity contribution >= 4 is 22.6 Å². The molecule has 1 N–H and O–H groups in total. The number of ether oxygens (including phenoxy) is 1. The van der Waals surface area contributed by atoms with Crippen LogP contribution < -0.4 is 15.2 Å². The largest absolute Gasteiger partial charge is 0.492 e. The van der Waals surface area contributed by atoms with Gasteiger partial charge in [-0.15, -0.1) is 0 Å². The number of aromatic nitrogens is 3. The minimum Gasteiger partial charge on any atom is -0.492 e. The topological polar surface area (TPSA) is 86.7 Å². The second kappa shape index (κ2) is 11.4. The summed E-state index contributed by atoms with van der Waals surface area (Å²) in [6, 6.07) is 14.6. The second-order valence-electron chi connectivity index (χ2n) is 11.3. The van der Waals surface area contributed by atoms with Crippen LogP contribution in [0.5, 0.6) is 5.75 Å². The first-order chi connectivity index (χ1) is 19.9. The van der Waals surface area contributed by atoms with E-state index >= 15 is 0 Å². The Hall–Kier alpha value is -4.11. The van der Waals surface area contributed by atoms with E-state index in [0.717, 1.165) is 73.6 Å². The smallest absolute Gasteiger partial charge is 0.274 e. The van der Waals surface area contributed by atoms with E-state index in [1.807, 2.05) is 38.6 Å². The number of carbonyl (C=O) groups excluding carboxylic acids is 1. The molecule has 1 atom stereocenters. The van der Waals surface area contributed by atoms with Crippen molar-refractivity contribution in [1.82, 2.24) is 24.3 Å². The zero-order valence-corrected chi connectivity index (χ0v) is 24.0. The minimum absolute atomic E-state index is 0.0296. The Bertz CT molecular complexity index is 1570. The van der Waals surface area contributed by atoms with E-state index in [1.54, 1.807) is 16.5 Å². The number of hydrogen-bond acceptors (Lipinski definition) is 6. The highest BCUT2D eigenvalue weighted by molar-refractivity contribution is 5.94. The number of benzene rings is 1. The summed E-state index contributed by atoms with van der Waals surface area (Å²) in [6.07, 6.45) is 7.75. The number of nitrogens with zero attached hydrogens (tertiary/aromatic N) is 5. The van der Waals surface area contributed by atoms with Crippen LogP contribution in [0.3, 0.4) is 0 Å². The minimum atomic E-state index is -0.0882. The summed E-state index contributed by atoms with van der Waals surface area (Å²) >= 11 is 0. The van der Waals surface area contributed by atoms with Crippen molar-refractivity contribution in [3.05, 3.63) is 77.0 Å². The van der Waals surface area contributed by atoms with E-state index in [2.05, 4.69) is 51.2 Å². The van der Waals surface area contributed by atoms with Gasteiger partial charge in [0, 0.05) is 81.9 Å². The molecule has 6 rings (SSSR count). The van der Waals surface area contributed by atoms with Crippen LogP contribution in [0.1, 0.15) is 31.2 Å². The van der Waals surface area contributed by atoms with Crippen molar-refractivity contribution in [2.75, 3.05) is 51.3 Å². The summed E-state index contributed by atoms with van der Waals surface area (Å²) in [5.41, 5.74) is 3.94. The maximum Gasteiger partial charge on any atom is 0.274 e. The molecule has 0 spiro atoms. The first kappa shape index (κ1) is 27.1. The van der Waals surface area contributed by atoms with Gasteiger partial charge in [0.15, 0.2) is 0 Å². The summed E-state index contributed by atoms with van der Waals surface area (Å²) < 4.78 is 7.62. The molecule has 9 nitrogen and oxygen atoms in total. The molecular formula is C32H38N6O3. The summed E-state index contributed by atoms with van der Waals surface area (Å²) in [5, 5.41) is 0.918. The fraction of sp³-hybridized carbons (Fsp3) is 0.406. The first-order valence-corrected chi connectivity index (χ1v) is 14.5. The summed E-state index contributed by atoms with van der Waals surface area (Å²) in [7, 11) is 3.64. The fourth-order valence-corrected chi connectivity index (χ4v) is 6.15. The third-order valence-electron chi connectivity index (χ3n) is 8.77. The predicted molar refractivity (Wildman–Crippen MR) is 162 cm³/mol. The van der Waals surface area contributed by atoms with Crippen molar-refractivity contribution in [3.8, 4) is 16.9 Å². The molecule has 3 aromatic heterocycles. The highest BCUT2D eigenvalue weighted by atomic mass is 16.5. The zero-order valence-electron chi connectivity index (χ0n) is 24.0. The molecule has 0 radical (unpaired) electrons. The highest BCUT2D eigenvalue weighted by Crippen LogP contribution is 2.32. The molecule has 0 bridgehead atoms. The molecule has 2 fully saturated rings. The van der Waals surface area contributed by atoms with E-state index in [-0.39, 0.29) is 17.5 Å². The number of aryl methyl sites for hydroxylation is 1. The number of hydrogen-bond donors (Lipinski definition) is 1. The molecule has 214 valence electrons. The molecule has 0 aliphatic carbocycles. The Kier molecular flexibility index (Phi) is 7.53. The monoisotopic (exact) mass is 554 g/mol. The number of piperidine rings is 1. The van der Waals surface area contributed by atoms with Gasteiger partial charge < -0.3 is 24.1 Å². The number of pyridine rings is 2. The quantitative estimate of drug-likeness (QED) is 0.374. The lowest BCUT2D eigenvalue weighted by atomic mass is 9.89. The number of H-pyrrole nitrogens is 1. The van der Waals surface area contributed by atoms with Crippen LogP contribution in [-0.4, -0.2) is 82.7 Å². The summed E-state index contributed by atoms with van der Waals surface area (Å²) in [4.78, 5) is 38.8. The molecule has 2 saturated heterocycles. The number of fused-ring (bicyclic) bond motifs is 1. The van der Waals surface area contributed by atoms with Gasteiger partial charge in [0.05, 0.1) is 6.04 Å². The zero-order chi connectivity index (χ0) is 28.5. The Balaban J connectivity index is 1.02. The maximum atomic E-state index is 12.4. The molecule has 0 saturated carbocycles. The fourth-order valence-electron chi connectivity index (χ4n) is 6.15. The van der Waals surface area contributed by atoms with Gasteiger partial charge in [-0.3, -0.25) is 14.5 Å². The predicted octanol–water partition coefficient (Wildman–Crippen LogP) is 3.85. The SMILES string of the molecule is C[C@@H]1C(=O)N(C)CCN1CCOc1ccc(C2CCN(c3ccc(-c4cn(C)c(=O)c5[nH]ccc45)cn3)CC2)cc1. The van der Waals surface area contributed by atoms with Gasteiger partial charge in [0.25, 0.3) is 5.56 Å². The van der Waals surface area contributed by atoms with Gasteiger partial charge in [-0.2, -0.15) is 0 Å². The van der Waals surface area contributed by atoms with E-state index < -0.39 is 0 Å². The number of nitrogens with one attached hydrogen (secondary N) is 1. The maximum absolute atomic E-state index is 12.4. The van der Waals surface area contributed by atoms with Gasteiger partial charge in [0.1, 0.15) is 23.7 Å². The number of piperazine rings is 1. The number of aromatic amines is 1. The lowest BCUT2D eigenvalue weighted by Crippen LogP contribution is -2.55. The van der Waals surface area contributed by atoms with Gasteiger partial charge in [0.2, 0.25) is 5.91 Å². The van der Waals surface area contributed by atoms with E-state index in [4.69, 9.17) is 9.72 Å². The van der Waals surface area contributed by atoms with Gasteiger partial charge in [-0.05, 0) is 61.6 Å². The molecule has 1 amide bonds. The Morgan fingerprint density at radius 1 is 0.976 bits per heavy atom. The average molecular weight is 555 g/mol. The van der Waals surface area contributed by atoms with Gasteiger partial charge >= 0.3 is 0 Å². The third kappa shape index (κ3) is 5.46. The van der Waals surface area contributed by atoms with Crippen LogP contribution >= 0.6 is 0 Å². The van der Waals surface area contributed by atoms with Crippen LogP contribution in [0.4, 0.5) is 5.82 Å². The van der Waals surface area contributed by atoms with Crippen molar-refractivity contribution in [3.63, 3.8) is 0 Å². The average Bonchev–Trinajstić information content (AvgIpc) is 3.50. The molecule has 2 aliphatic heterocycles. The number of rotatable bonds is 7. The lowest BCUT2D eigenvalue weighted by molar-refractivity contribution is -0.139. The second-order valence-corrected chi connectivity index (χ2v) is 11.3. The molecule has 5 heterocycles. The van der Waals surface area contributed by atoms with E-state index in [1.165, 1.54) is 5.56 Å². The van der Waals surface area contributed by atoms with E-state index in [0.29, 0.717) is 18.0 Å². The van der Waals surface area contributed by atoms with Crippen LogP contribution in [-0.2, 0) is 11.8 Å². The van der Waals surface area contributed by atoms with Crippen molar-refractivity contribution in [2.45, 2.75) is 31.7 Å². The Labute approximate surface area is 240 Å². The normalized spacial score (nSPS) is 18.8. The molecule has 2 aliphatic rings. The van der Waals surface area contributed by atoms with Crippen LogP contribution in [0.2, 0.25) is 0 Å². The van der Waals surface area contributed by atoms with Crippen LogP contribution in [0, 0.1) is 0 Å². The number of carbonyl (C=O) groups is 1. The standard InChI is InChI=1S/C32H38N6O3/c1-22-31(39)35(2)16-17-37(22)18-19-41-26-7-4-23(5-8-26)24-11-14-38(15-12-24)29-9-6-25(20-34-29)28-21-36(3)32(40)30-27(28)10-13-33-30/h4-10,13,20-22,24,33H,11-12,14-19H2,1-3H3/t22-/m1/s1.